The number of hydrogen-bond acceptors (Lipinski definition) is 4. The van der Waals surface area contributed by atoms with Crippen LogP contribution in [0.15, 0.2) is 29.4 Å². The maximum atomic E-state index is 11.2. The summed E-state index contributed by atoms with van der Waals surface area (Å²) in [6, 6.07) is 0. The van der Waals surface area contributed by atoms with Crippen molar-refractivity contribution in [2.24, 2.45) is 7.05 Å². The summed E-state index contributed by atoms with van der Waals surface area (Å²) in [6.07, 6.45) is 3.65. The highest BCUT2D eigenvalue weighted by atomic mass is 32.2. The van der Waals surface area contributed by atoms with Gasteiger partial charge in [-0.15, -0.1) is 11.8 Å². The molecule has 1 heterocycles. The second kappa shape index (κ2) is 5.60. The molecule has 0 aliphatic rings. The van der Waals surface area contributed by atoms with Crippen LogP contribution in [0.4, 0.5) is 0 Å². The largest absolute Gasteiger partial charge is 0.463 e. The topological polar surface area (TPSA) is 44.1 Å². The Kier molecular flexibility index (Phi) is 4.42. The molecule has 0 saturated carbocycles. The Morgan fingerprint density at radius 1 is 1.73 bits per heavy atom. The van der Waals surface area contributed by atoms with Gasteiger partial charge in [0, 0.05) is 29.5 Å². The van der Waals surface area contributed by atoms with E-state index in [2.05, 4.69) is 11.7 Å². The lowest BCUT2D eigenvalue weighted by molar-refractivity contribution is -0.138. The molecule has 1 aromatic heterocycles. The third-order valence-electron chi connectivity index (χ3n) is 1.66. The molecule has 0 bridgehead atoms. The summed E-state index contributed by atoms with van der Waals surface area (Å²) in [5, 5.41) is 4.03. The SMILES string of the molecule is C=C(CSc1cnn(C)c1)C(=O)OCC. The van der Waals surface area contributed by atoms with E-state index in [1.54, 1.807) is 17.8 Å². The fraction of sp³-hybridized carbons (Fsp3) is 0.400. The Morgan fingerprint density at radius 3 is 3.00 bits per heavy atom. The molecule has 82 valence electrons. The molecule has 1 rings (SSSR count). The second-order valence-electron chi connectivity index (χ2n) is 2.96. The number of nitrogens with zero attached hydrogens (tertiary/aromatic N) is 2. The molecule has 4 nitrogen and oxygen atoms in total. The number of aryl methyl sites for hydroxylation is 1. The molecule has 0 amide bonds. The zero-order valence-electron chi connectivity index (χ0n) is 8.90. The van der Waals surface area contributed by atoms with Crippen molar-refractivity contribution in [1.82, 2.24) is 9.78 Å². The molecule has 1 aromatic rings. The van der Waals surface area contributed by atoms with Crippen LogP contribution in [0, 0.1) is 0 Å². The lowest BCUT2D eigenvalue weighted by Crippen LogP contribution is -2.08. The van der Waals surface area contributed by atoms with Crippen LogP contribution in [0.3, 0.4) is 0 Å². The summed E-state index contributed by atoms with van der Waals surface area (Å²) >= 11 is 1.52. The predicted octanol–water partition coefficient (Wildman–Crippen LogP) is 1.63. The standard InChI is InChI=1S/C10H14N2O2S/c1-4-14-10(13)8(2)7-15-9-5-11-12(3)6-9/h5-6H,2,4,7H2,1,3H3. The van der Waals surface area contributed by atoms with Gasteiger partial charge in [-0.1, -0.05) is 6.58 Å². The second-order valence-corrected chi connectivity index (χ2v) is 4.01. The number of carbonyl (C=O) groups excluding carboxylic acids is 1. The van der Waals surface area contributed by atoms with Crippen molar-refractivity contribution in [2.75, 3.05) is 12.4 Å². The predicted molar refractivity (Wildman–Crippen MR) is 59.7 cm³/mol. The molecular weight excluding hydrogens is 212 g/mol. The van der Waals surface area contributed by atoms with Crippen LogP contribution in [0.2, 0.25) is 0 Å². The minimum absolute atomic E-state index is 0.325. The number of hydrogen-bond donors (Lipinski definition) is 0. The van der Waals surface area contributed by atoms with Gasteiger partial charge in [0.1, 0.15) is 0 Å². The molecule has 0 atom stereocenters. The van der Waals surface area contributed by atoms with Crippen molar-refractivity contribution >= 4 is 17.7 Å². The molecule has 0 spiro atoms. The van der Waals surface area contributed by atoms with E-state index in [4.69, 9.17) is 4.74 Å². The van der Waals surface area contributed by atoms with Gasteiger partial charge in [-0.05, 0) is 6.92 Å². The Balaban J connectivity index is 2.37. The van der Waals surface area contributed by atoms with Gasteiger partial charge in [0.2, 0.25) is 0 Å². The summed E-state index contributed by atoms with van der Waals surface area (Å²) in [5.74, 6) is 0.207. The zero-order chi connectivity index (χ0) is 11.3. The van der Waals surface area contributed by atoms with Crippen molar-refractivity contribution in [1.29, 1.82) is 0 Å². The van der Waals surface area contributed by atoms with Crippen molar-refractivity contribution in [3.05, 3.63) is 24.5 Å². The van der Waals surface area contributed by atoms with Crippen LogP contribution in [-0.4, -0.2) is 28.1 Å². The van der Waals surface area contributed by atoms with E-state index in [-0.39, 0.29) is 5.97 Å². The van der Waals surface area contributed by atoms with Gasteiger partial charge >= 0.3 is 5.97 Å². The summed E-state index contributed by atoms with van der Waals surface area (Å²) in [7, 11) is 1.85. The lowest BCUT2D eigenvalue weighted by atomic mass is 10.4. The fourth-order valence-electron chi connectivity index (χ4n) is 0.936. The van der Waals surface area contributed by atoms with Crippen LogP contribution >= 0.6 is 11.8 Å². The Bertz CT molecular complexity index is 360. The quantitative estimate of drug-likeness (QED) is 0.435. The number of carbonyl (C=O) groups is 1. The first-order chi connectivity index (χ1) is 7.13. The molecule has 0 aliphatic carbocycles. The molecule has 0 fully saturated rings. The number of rotatable bonds is 5. The first-order valence-electron chi connectivity index (χ1n) is 4.59. The minimum atomic E-state index is -0.325. The monoisotopic (exact) mass is 226 g/mol. The molecule has 15 heavy (non-hydrogen) atoms. The number of thioether (sulfide) groups is 1. The summed E-state index contributed by atoms with van der Waals surface area (Å²) in [4.78, 5) is 12.2. The zero-order valence-corrected chi connectivity index (χ0v) is 9.71. The Hall–Kier alpha value is -1.23. The number of esters is 1. The van der Waals surface area contributed by atoms with E-state index in [0.717, 1.165) is 4.90 Å². The smallest absolute Gasteiger partial charge is 0.334 e. The molecule has 0 unspecified atom stereocenters. The van der Waals surface area contributed by atoms with Gasteiger partial charge in [0.25, 0.3) is 0 Å². The van der Waals surface area contributed by atoms with E-state index < -0.39 is 0 Å². The molecule has 0 radical (unpaired) electrons. The Morgan fingerprint density at radius 2 is 2.47 bits per heavy atom. The lowest BCUT2D eigenvalue weighted by Gasteiger charge is -2.03. The third kappa shape index (κ3) is 3.79. The van der Waals surface area contributed by atoms with Crippen LogP contribution in [-0.2, 0) is 16.6 Å². The molecule has 0 N–H and O–H groups in total. The van der Waals surface area contributed by atoms with E-state index in [0.29, 0.717) is 17.9 Å². The van der Waals surface area contributed by atoms with Gasteiger partial charge < -0.3 is 4.74 Å². The van der Waals surface area contributed by atoms with Gasteiger partial charge in [-0.2, -0.15) is 5.10 Å². The molecule has 5 heteroatoms. The molecule has 0 saturated heterocycles. The van der Waals surface area contributed by atoms with E-state index in [1.807, 2.05) is 13.2 Å². The first kappa shape index (κ1) is 11.8. The number of ether oxygens (including phenoxy) is 1. The van der Waals surface area contributed by atoms with E-state index in [9.17, 15) is 4.79 Å². The van der Waals surface area contributed by atoms with Crippen LogP contribution in [0.1, 0.15) is 6.92 Å². The highest BCUT2D eigenvalue weighted by Crippen LogP contribution is 2.19. The van der Waals surface area contributed by atoms with Gasteiger partial charge in [0.05, 0.1) is 12.8 Å². The summed E-state index contributed by atoms with van der Waals surface area (Å²) < 4.78 is 6.54. The summed E-state index contributed by atoms with van der Waals surface area (Å²) in [5.41, 5.74) is 0.478. The molecule has 0 aromatic carbocycles. The van der Waals surface area contributed by atoms with E-state index >= 15 is 0 Å². The van der Waals surface area contributed by atoms with Crippen molar-refractivity contribution < 1.29 is 9.53 Å². The maximum absolute atomic E-state index is 11.2. The Labute approximate surface area is 93.3 Å². The van der Waals surface area contributed by atoms with E-state index in [1.165, 1.54) is 11.8 Å². The summed E-state index contributed by atoms with van der Waals surface area (Å²) in [6.45, 7) is 5.83. The normalized spacial score (nSPS) is 10.0. The van der Waals surface area contributed by atoms with Crippen LogP contribution in [0.5, 0.6) is 0 Å². The fourth-order valence-corrected chi connectivity index (χ4v) is 1.74. The highest BCUT2D eigenvalue weighted by Gasteiger charge is 2.08. The highest BCUT2D eigenvalue weighted by molar-refractivity contribution is 7.99. The van der Waals surface area contributed by atoms with Crippen LogP contribution in [0.25, 0.3) is 0 Å². The molecule has 0 aliphatic heterocycles. The maximum Gasteiger partial charge on any atom is 0.334 e. The van der Waals surface area contributed by atoms with Crippen LogP contribution < -0.4 is 0 Å². The first-order valence-corrected chi connectivity index (χ1v) is 5.58. The molecular formula is C10H14N2O2S. The van der Waals surface area contributed by atoms with Gasteiger partial charge in [0.15, 0.2) is 0 Å². The third-order valence-corrected chi connectivity index (χ3v) is 2.70. The average molecular weight is 226 g/mol. The van der Waals surface area contributed by atoms with Crippen molar-refractivity contribution in [3.8, 4) is 0 Å². The minimum Gasteiger partial charge on any atom is -0.463 e. The van der Waals surface area contributed by atoms with Gasteiger partial charge in [-0.25, -0.2) is 4.79 Å². The van der Waals surface area contributed by atoms with Crippen molar-refractivity contribution in [2.45, 2.75) is 11.8 Å². The number of aromatic nitrogens is 2. The van der Waals surface area contributed by atoms with Crippen molar-refractivity contribution in [3.63, 3.8) is 0 Å². The van der Waals surface area contributed by atoms with Gasteiger partial charge in [-0.3, -0.25) is 4.68 Å². The average Bonchev–Trinajstić information content (AvgIpc) is 2.61.